The summed E-state index contributed by atoms with van der Waals surface area (Å²) in [4.78, 5) is 4.18. The molecule has 34 heavy (non-hydrogen) atoms. The molecule has 178 valence electrons. The molecule has 4 rings (SSSR count). The van der Waals surface area contributed by atoms with Crippen LogP contribution in [-0.2, 0) is 6.42 Å². The fraction of sp³-hybridized carbons (Fsp3) is 0.222. The lowest BCUT2D eigenvalue weighted by molar-refractivity contribution is 0.177. The molecule has 0 aliphatic rings. The van der Waals surface area contributed by atoms with E-state index in [0.29, 0.717) is 35.0 Å². The molecule has 1 aromatic heterocycles. The van der Waals surface area contributed by atoms with E-state index in [1.54, 1.807) is 30.3 Å². The number of methoxy groups -OCH3 is 4. The van der Waals surface area contributed by atoms with Gasteiger partial charge in [-0.15, -0.1) is 0 Å². The van der Waals surface area contributed by atoms with Gasteiger partial charge in [-0.2, -0.15) is 0 Å². The predicted molar refractivity (Wildman–Crippen MR) is 131 cm³/mol. The van der Waals surface area contributed by atoms with E-state index in [1.807, 2.05) is 30.5 Å². The Balaban J connectivity index is 0.000000266. The summed E-state index contributed by atoms with van der Waals surface area (Å²) in [6.45, 7) is 0. The molecule has 1 atom stereocenters. The van der Waals surface area contributed by atoms with Crippen LogP contribution in [0.4, 0.5) is 0 Å². The highest BCUT2D eigenvalue weighted by molar-refractivity contribution is 5.77. The molecule has 0 bridgehead atoms. The lowest BCUT2D eigenvalue weighted by Crippen LogP contribution is -2.04. The van der Waals surface area contributed by atoms with Gasteiger partial charge in [0, 0.05) is 18.0 Å². The van der Waals surface area contributed by atoms with Crippen molar-refractivity contribution in [3.8, 4) is 28.7 Å². The van der Waals surface area contributed by atoms with Crippen LogP contribution in [0.15, 0.2) is 72.9 Å². The second-order valence-corrected chi connectivity index (χ2v) is 7.38. The summed E-state index contributed by atoms with van der Waals surface area (Å²) >= 11 is 0. The van der Waals surface area contributed by atoms with E-state index < -0.39 is 6.10 Å². The lowest BCUT2D eigenvalue weighted by Gasteiger charge is -2.17. The normalized spacial score (nSPS) is 11.2. The average Bonchev–Trinajstić information content (AvgIpc) is 2.88. The second kappa shape index (κ2) is 11.8. The minimum absolute atomic E-state index is 0.0343. The third-order valence-electron chi connectivity index (χ3n) is 5.26. The zero-order valence-electron chi connectivity index (χ0n) is 19.7. The lowest BCUT2D eigenvalue weighted by atomic mass is 10.00. The van der Waals surface area contributed by atoms with E-state index in [0.717, 1.165) is 11.1 Å². The zero-order valence-corrected chi connectivity index (χ0v) is 19.7. The van der Waals surface area contributed by atoms with Gasteiger partial charge in [-0.25, -0.2) is 0 Å². The molecule has 2 N–H and O–H groups in total. The van der Waals surface area contributed by atoms with Crippen LogP contribution >= 0.6 is 0 Å². The molecule has 3 aromatic carbocycles. The number of phenolic OH excluding ortho intramolecular Hbond substituents is 1. The number of pyridine rings is 1. The fourth-order valence-electron chi connectivity index (χ4n) is 3.51. The number of para-hydroxylation sites is 1. The standard InChI is InChI=1S/C18H22O6.C9H7N/c1-21-15-6-5-11(8-14(15)20)7-13(19)12-9-16(22-2)18(24-4)17(10-12)23-3;1-2-6-9-8(4-1)5-3-7-10-9/h5-6,8-10,13,19-20H,7H2,1-4H3;1-7H/t13-;/m1./s1. The first kappa shape index (κ1) is 24.7. The minimum atomic E-state index is -0.800. The molecule has 0 unspecified atom stereocenters. The topological polar surface area (TPSA) is 90.3 Å². The molecule has 7 heteroatoms. The number of aromatic nitrogens is 1. The molecule has 0 spiro atoms. The first-order valence-electron chi connectivity index (χ1n) is 10.6. The number of aliphatic hydroxyl groups excluding tert-OH is 1. The van der Waals surface area contributed by atoms with Crippen LogP contribution in [0, 0.1) is 0 Å². The maximum atomic E-state index is 10.5. The summed E-state index contributed by atoms with van der Waals surface area (Å²) < 4.78 is 20.9. The molecular formula is C27H29NO6. The smallest absolute Gasteiger partial charge is 0.203 e. The van der Waals surface area contributed by atoms with Gasteiger partial charge in [0.25, 0.3) is 0 Å². The van der Waals surface area contributed by atoms with E-state index in [4.69, 9.17) is 18.9 Å². The second-order valence-electron chi connectivity index (χ2n) is 7.38. The van der Waals surface area contributed by atoms with E-state index >= 15 is 0 Å². The molecule has 0 aliphatic heterocycles. The third kappa shape index (κ3) is 5.88. The summed E-state index contributed by atoms with van der Waals surface area (Å²) in [5.41, 5.74) is 2.46. The summed E-state index contributed by atoms with van der Waals surface area (Å²) in [5.74, 6) is 1.85. The van der Waals surface area contributed by atoms with Gasteiger partial charge in [0.05, 0.1) is 40.1 Å². The monoisotopic (exact) mass is 463 g/mol. The first-order valence-corrected chi connectivity index (χ1v) is 10.6. The van der Waals surface area contributed by atoms with Crippen LogP contribution < -0.4 is 18.9 Å². The fourth-order valence-corrected chi connectivity index (χ4v) is 3.51. The Kier molecular flexibility index (Phi) is 8.54. The summed E-state index contributed by atoms with van der Waals surface area (Å²) in [6.07, 6.45) is 1.32. The van der Waals surface area contributed by atoms with Crippen molar-refractivity contribution in [1.29, 1.82) is 0 Å². The van der Waals surface area contributed by atoms with Crippen molar-refractivity contribution in [2.45, 2.75) is 12.5 Å². The van der Waals surface area contributed by atoms with E-state index in [2.05, 4.69) is 17.1 Å². The minimum Gasteiger partial charge on any atom is -0.504 e. The summed E-state index contributed by atoms with van der Waals surface area (Å²) in [5, 5.41) is 21.6. The van der Waals surface area contributed by atoms with Crippen molar-refractivity contribution >= 4 is 10.9 Å². The maximum absolute atomic E-state index is 10.5. The molecule has 1 heterocycles. The van der Waals surface area contributed by atoms with Crippen LogP contribution in [0.1, 0.15) is 17.2 Å². The SMILES string of the molecule is COc1ccc(C[C@@H](O)c2cc(OC)c(OC)c(OC)c2)cc1O.c1ccc2ncccc2c1. The molecule has 0 aliphatic carbocycles. The Morgan fingerprint density at radius 2 is 1.41 bits per heavy atom. The number of fused-ring (bicyclic) bond motifs is 1. The van der Waals surface area contributed by atoms with Gasteiger partial charge in [0.1, 0.15) is 0 Å². The first-order chi connectivity index (χ1) is 16.5. The molecular weight excluding hydrogens is 434 g/mol. The average molecular weight is 464 g/mol. The van der Waals surface area contributed by atoms with Gasteiger partial charge in [0.15, 0.2) is 23.0 Å². The van der Waals surface area contributed by atoms with Gasteiger partial charge in [0.2, 0.25) is 5.75 Å². The third-order valence-corrected chi connectivity index (χ3v) is 5.26. The predicted octanol–water partition coefficient (Wildman–Crippen LogP) is 4.94. The summed E-state index contributed by atoms with van der Waals surface area (Å²) in [7, 11) is 6.06. The van der Waals surface area contributed by atoms with E-state index in [9.17, 15) is 10.2 Å². The zero-order chi connectivity index (χ0) is 24.5. The number of aromatic hydroxyl groups is 1. The quantitative estimate of drug-likeness (QED) is 0.401. The number of benzene rings is 3. The Morgan fingerprint density at radius 3 is 2.00 bits per heavy atom. The molecule has 0 saturated carbocycles. The summed E-state index contributed by atoms with van der Waals surface area (Å²) in [6, 6.07) is 20.5. The van der Waals surface area contributed by atoms with Gasteiger partial charge in [-0.3, -0.25) is 4.98 Å². The molecule has 0 fully saturated rings. The maximum Gasteiger partial charge on any atom is 0.203 e. The van der Waals surface area contributed by atoms with Crippen molar-refractivity contribution < 1.29 is 29.2 Å². The van der Waals surface area contributed by atoms with Crippen molar-refractivity contribution in [2.24, 2.45) is 0 Å². The van der Waals surface area contributed by atoms with Crippen LogP contribution in [0.25, 0.3) is 10.9 Å². The van der Waals surface area contributed by atoms with Gasteiger partial charge in [-0.1, -0.05) is 30.3 Å². The highest BCUT2D eigenvalue weighted by atomic mass is 16.5. The highest BCUT2D eigenvalue weighted by Gasteiger charge is 2.18. The number of ether oxygens (including phenoxy) is 4. The largest absolute Gasteiger partial charge is 0.504 e. The van der Waals surface area contributed by atoms with Crippen LogP contribution in [0.5, 0.6) is 28.7 Å². The van der Waals surface area contributed by atoms with Crippen molar-refractivity contribution in [3.63, 3.8) is 0 Å². The Bertz CT molecular complexity index is 1140. The van der Waals surface area contributed by atoms with Crippen LogP contribution in [0.2, 0.25) is 0 Å². The number of hydrogen-bond donors (Lipinski definition) is 2. The van der Waals surface area contributed by atoms with Crippen molar-refractivity contribution in [2.75, 3.05) is 28.4 Å². The van der Waals surface area contributed by atoms with Crippen molar-refractivity contribution in [3.05, 3.63) is 84.1 Å². The Hall–Kier alpha value is -3.97. The Labute approximate surface area is 199 Å². The Morgan fingerprint density at radius 1 is 0.765 bits per heavy atom. The molecule has 7 nitrogen and oxygen atoms in total. The molecule has 0 amide bonds. The van der Waals surface area contributed by atoms with E-state index in [-0.39, 0.29) is 5.75 Å². The van der Waals surface area contributed by atoms with Gasteiger partial charge in [-0.05, 0) is 47.5 Å². The number of nitrogens with zero attached hydrogens (tertiary/aromatic N) is 1. The number of rotatable bonds is 7. The number of aliphatic hydroxyl groups is 1. The highest BCUT2D eigenvalue weighted by Crippen LogP contribution is 2.40. The van der Waals surface area contributed by atoms with E-state index in [1.165, 1.54) is 33.8 Å². The van der Waals surface area contributed by atoms with Crippen molar-refractivity contribution in [1.82, 2.24) is 4.98 Å². The van der Waals surface area contributed by atoms with Gasteiger partial charge >= 0.3 is 0 Å². The van der Waals surface area contributed by atoms with Crippen LogP contribution in [0.3, 0.4) is 0 Å². The molecule has 0 saturated heterocycles. The number of hydrogen-bond acceptors (Lipinski definition) is 7. The number of phenols is 1. The molecule has 0 radical (unpaired) electrons. The van der Waals surface area contributed by atoms with Crippen LogP contribution in [-0.4, -0.2) is 43.6 Å². The molecule has 4 aromatic rings. The van der Waals surface area contributed by atoms with Gasteiger partial charge < -0.3 is 29.2 Å².